The highest BCUT2D eigenvalue weighted by Crippen LogP contribution is 2.46. The minimum absolute atomic E-state index is 0.0521. The SMILES string of the molecule is CCCOC(=O)C1=C(C)NC2=C(C(=O)C[C@@H](c3cccs3)C2)[C@@H]1c1ccccc1F. The van der Waals surface area contributed by atoms with Crippen LogP contribution in [0, 0.1) is 5.82 Å². The lowest BCUT2D eigenvalue weighted by Gasteiger charge is -2.36. The topological polar surface area (TPSA) is 55.4 Å². The molecule has 6 heteroatoms. The van der Waals surface area contributed by atoms with Gasteiger partial charge in [0.1, 0.15) is 5.82 Å². The highest BCUT2D eigenvalue weighted by atomic mass is 32.1. The van der Waals surface area contributed by atoms with E-state index in [1.807, 2.05) is 24.4 Å². The fourth-order valence-electron chi connectivity index (χ4n) is 4.33. The van der Waals surface area contributed by atoms with Gasteiger partial charge in [0.05, 0.1) is 18.1 Å². The van der Waals surface area contributed by atoms with Gasteiger partial charge in [-0.15, -0.1) is 11.3 Å². The Morgan fingerprint density at radius 1 is 1.23 bits per heavy atom. The van der Waals surface area contributed by atoms with Crippen molar-refractivity contribution in [2.45, 2.75) is 44.9 Å². The van der Waals surface area contributed by atoms with E-state index in [4.69, 9.17) is 4.74 Å². The summed E-state index contributed by atoms with van der Waals surface area (Å²) >= 11 is 1.64. The summed E-state index contributed by atoms with van der Waals surface area (Å²) in [6.45, 7) is 3.98. The molecular weight excluding hydrogens is 401 g/mol. The number of hydrogen-bond donors (Lipinski definition) is 1. The van der Waals surface area contributed by atoms with Crippen LogP contribution in [0.15, 0.2) is 64.3 Å². The molecule has 1 aromatic carbocycles. The number of thiophene rings is 1. The summed E-state index contributed by atoms with van der Waals surface area (Å²) in [5, 5.41) is 5.29. The maximum atomic E-state index is 14.8. The maximum Gasteiger partial charge on any atom is 0.336 e. The lowest BCUT2D eigenvalue weighted by atomic mass is 9.72. The Morgan fingerprint density at radius 3 is 2.73 bits per heavy atom. The Labute approximate surface area is 179 Å². The van der Waals surface area contributed by atoms with Crippen molar-refractivity contribution in [1.82, 2.24) is 5.32 Å². The molecule has 0 saturated carbocycles. The molecule has 0 radical (unpaired) electrons. The zero-order valence-corrected chi connectivity index (χ0v) is 17.9. The Hall–Kier alpha value is -2.73. The van der Waals surface area contributed by atoms with E-state index in [-0.39, 0.29) is 18.3 Å². The van der Waals surface area contributed by atoms with E-state index in [1.165, 1.54) is 6.07 Å². The van der Waals surface area contributed by atoms with Crippen molar-refractivity contribution in [3.8, 4) is 0 Å². The second-order valence-corrected chi connectivity index (χ2v) is 8.67. The number of allylic oxidation sites excluding steroid dienone is 3. The molecule has 2 aliphatic rings. The number of dihydropyridines is 1. The zero-order chi connectivity index (χ0) is 21.3. The number of Topliss-reactive ketones (excluding diaryl/α,β-unsaturated/α-hetero) is 1. The van der Waals surface area contributed by atoms with Crippen molar-refractivity contribution in [3.63, 3.8) is 0 Å². The molecule has 2 atom stereocenters. The monoisotopic (exact) mass is 425 g/mol. The molecule has 2 aromatic rings. The predicted octanol–water partition coefficient (Wildman–Crippen LogP) is 5.20. The average molecular weight is 426 g/mol. The van der Waals surface area contributed by atoms with Crippen molar-refractivity contribution in [2.75, 3.05) is 6.61 Å². The molecular formula is C24H24FNO3S. The number of rotatable bonds is 5. The minimum Gasteiger partial charge on any atom is -0.462 e. The van der Waals surface area contributed by atoms with Gasteiger partial charge in [0, 0.05) is 39.7 Å². The van der Waals surface area contributed by atoms with Gasteiger partial charge in [-0.25, -0.2) is 9.18 Å². The number of carbonyl (C=O) groups excluding carboxylic acids is 2. The van der Waals surface area contributed by atoms with E-state index in [2.05, 4.69) is 5.32 Å². The van der Waals surface area contributed by atoms with Gasteiger partial charge in [0.25, 0.3) is 0 Å². The standard InChI is InChI=1S/C24H24FNO3S/c1-3-10-29-24(28)21-14(2)26-18-12-15(20-9-6-11-30-20)13-19(27)23(18)22(21)16-7-4-5-8-17(16)25/h4-9,11,15,22,26H,3,10,12-13H2,1-2H3/t15-,22+/m0/s1. The van der Waals surface area contributed by atoms with Crippen LogP contribution in [0.2, 0.25) is 0 Å². The maximum absolute atomic E-state index is 14.8. The van der Waals surface area contributed by atoms with Crippen LogP contribution < -0.4 is 5.32 Å². The van der Waals surface area contributed by atoms with Gasteiger partial charge in [-0.2, -0.15) is 0 Å². The number of ketones is 1. The molecule has 1 aliphatic carbocycles. The second-order valence-electron chi connectivity index (χ2n) is 7.69. The summed E-state index contributed by atoms with van der Waals surface area (Å²) in [7, 11) is 0. The molecule has 30 heavy (non-hydrogen) atoms. The smallest absolute Gasteiger partial charge is 0.336 e. The van der Waals surface area contributed by atoms with Crippen LogP contribution in [0.5, 0.6) is 0 Å². The Kier molecular flexibility index (Phi) is 5.86. The summed E-state index contributed by atoms with van der Waals surface area (Å²) < 4.78 is 20.2. The van der Waals surface area contributed by atoms with E-state index in [9.17, 15) is 14.0 Å². The van der Waals surface area contributed by atoms with E-state index >= 15 is 0 Å². The molecule has 0 saturated heterocycles. The predicted molar refractivity (Wildman–Crippen MR) is 115 cm³/mol. The molecule has 0 fully saturated rings. The summed E-state index contributed by atoms with van der Waals surface area (Å²) in [4.78, 5) is 27.4. The van der Waals surface area contributed by atoms with Gasteiger partial charge in [0.15, 0.2) is 5.78 Å². The van der Waals surface area contributed by atoms with Crippen LogP contribution in [0.1, 0.15) is 55.4 Å². The Balaban J connectivity index is 1.81. The Morgan fingerprint density at radius 2 is 2.03 bits per heavy atom. The van der Waals surface area contributed by atoms with Crippen molar-refractivity contribution >= 4 is 23.1 Å². The third-order valence-corrected chi connectivity index (χ3v) is 6.68. The van der Waals surface area contributed by atoms with Crippen LogP contribution in [0.3, 0.4) is 0 Å². The fourth-order valence-corrected chi connectivity index (χ4v) is 5.16. The van der Waals surface area contributed by atoms with E-state index < -0.39 is 17.7 Å². The largest absolute Gasteiger partial charge is 0.462 e. The molecule has 156 valence electrons. The number of carbonyl (C=O) groups is 2. The van der Waals surface area contributed by atoms with Crippen molar-refractivity contribution in [1.29, 1.82) is 0 Å². The molecule has 0 bridgehead atoms. The van der Waals surface area contributed by atoms with Crippen molar-refractivity contribution < 1.29 is 18.7 Å². The highest BCUT2D eigenvalue weighted by molar-refractivity contribution is 7.10. The molecule has 2 heterocycles. The van der Waals surface area contributed by atoms with E-state index in [1.54, 1.807) is 36.5 Å². The first kappa shape index (κ1) is 20.5. The van der Waals surface area contributed by atoms with Gasteiger partial charge in [-0.05, 0) is 37.3 Å². The van der Waals surface area contributed by atoms with Crippen molar-refractivity contribution in [3.05, 3.63) is 80.6 Å². The molecule has 1 N–H and O–H groups in total. The number of hydrogen-bond acceptors (Lipinski definition) is 5. The molecule has 0 amide bonds. The average Bonchev–Trinajstić information content (AvgIpc) is 3.26. The van der Waals surface area contributed by atoms with E-state index in [0.717, 1.165) is 10.6 Å². The van der Waals surface area contributed by atoms with Gasteiger partial charge in [0.2, 0.25) is 0 Å². The number of esters is 1. The first-order chi connectivity index (χ1) is 14.5. The van der Waals surface area contributed by atoms with Gasteiger partial charge in [-0.3, -0.25) is 4.79 Å². The minimum atomic E-state index is -0.761. The van der Waals surface area contributed by atoms with Crippen molar-refractivity contribution in [2.24, 2.45) is 0 Å². The molecule has 1 aromatic heterocycles. The number of benzene rings is 1. The summed E-state index contributed by atoms with van der Waals surface area (Å²) in [5.41, 5.74) is 2.53. The van der Waals surface area contributed by atoms with Gasteiger partial charge < -0.3 is 10.1 Å². The number of halogens is 1. The summed E-state index contributed by atoms with van der Waals surface area (Å²) in [5.74, 6) is -1.66. The van der Waals surface area contributed by atoms with Crippen LogP contribution in [-0.4, -0.2) is 18.4 Å². The second kappa shape index (κ2) is 8.56. The number of nitrogens with one attached hydrogen (secondary N) is 1. The summed E-state index contributed by atoms with van der Waals surface area (Å²) in [6.07, 6.45) is 1.69. The molecule has 0 spiro atoms. The Bertz CT molecular complexity index is 1040. The molecule has 4 nitrogen and oxygen atoms in total. The highest BCUT2D eigenvalue weighted by Gasteiger charge is 2.42. The van der Waals surface area contributed by atoms with E-state index in [0.29, 0.717) is 41.7 Å². The third-order valence-electron chi connectivity index (χ3n) is 5.65. The number of ether oxygens (including phenoxy) is 1. The zero-order valence-electron chi connectivity index (χ0n) is 17.0. The van der Waals surface area contributed by atoms with Crippen LogP contribution in [-0.2, 0) is 14.3 Å². The molecule has 4 rings (SSSR count). The fraction of sp³-hybridized carbons (Fsp3) is 0.333. The lowest BCUT2D eigenvalue weighted by molar-refractivity contribution is -0.139. The first-order valence-electron chi connectivity index (χ1n) is 10.2. The summed E-state index contributed by atoms with van der Waals surface area (Å²) in [6, 6.07) is 10.4. The lowest BCUT2D eigenvalue weighted by Crippen LogP contribution is -2.36. The van der Waals surface area contributed by atoms with Gasteiger partial charge >= 0.3 is 5.97 Å². The quantitative estimate of drug-likeness (QED) is 0.669. The van der Waals surface area contributed by atoms with Crippen LogP contribution in [0.25, 0.3) is 0 Å². The molecule has 1 aliphatic heterocycles. The molecule has 0 unspecified atom stereocenters. The van der Waals surface area contributed by atoms with Crippen LogP contribution in [0.4, 0.5) is 4.39 Å². The van der Waals surface area contributed by atoms with Crippen LogP contribution >= 0.6 is 11.3 Å². The van der Waals surface area contributed by atoms with Gasteiger partial charge in [-0.1, -0.05) is 31.2 Å². The normalized spacial score (nSPS) is 21.4. The third kappa shape index (κ3) is 3.72. The first-order valence-corrected chi connectivity index (χ1v) is 11.1.